The largest absolute Gasteiger partial charge is 0.384 e. The number of benzene rings is 1. The summed E-state index contributed by atoms with van der Waals surface area (Å²) >= 11 is 0. The second kappa shape index (κ2) is 6.64. The van der Waals surface area contributed by atoms with Crippen molar-refractivity contribution in [3.63, 3.8) is 0 Å². The number of nitrogens with one attached hydrogen (secondary N) is 1. The number of rotatable bonds is 2. The lowest BCUT2D eigenvalue weighted by molar-refractivity contribution is 0.102. The summed E-state index contributed by atoms with van der Waals surface area (Å²) in [6.07, 6.45) is 3.09. The summed E-state index contributed by atoms with van der Waals surface area (Å²) in [4.78, 5) is 15.9. The Balaban J connectivity index is 2.17. The Morgan fingerprint density at radius 2 is 2.19 bits per heavy atom. The summed E-state index contributed by atoms with van der Waals surface area (Å²) in [5.41, 5.74) is 1.76. The van der Waals surface area contributed by atoms with E-state index in [0.717, 1.165) is 5.56 Å². The molecule has 1 amide bonds. The number of halogens is 1. The minimum absolute atomic E-state index is 0.166. The van der Waals surface area contributed by atoms with Crippen LogP contribution in [0.25, 0.3) is 0 Å². The second-order valence-electron chi connectivity index (χ2n) is 4.36. The fourth-order valence-electron chi connectivity index (χ4n) is 1.71. The van der Waals surface area contributed by atoms with Crippen LogP contribution in [0.3, 0.4) is 0 Å². The van der Waals surface area contributed by atoms with E-state index in [-0.39, 0.29) is 18.1 Å². The Morgan fingerprint density at radius 1 is 1.38 bits per heavy atom. The highest BCUT2D eigenvalue weighted by Crippen LogP contribution is 2.15. The van der Waals surface area contributed by atoms with Crippen LogP contribution in [-0.4, -0.2) is 22.6 Å². The van der Waals surface area contributed by atoms with Gasteiger partial charge in [0.2, 0.25) is 0 Å². The van der Waals surface area contributed by atoms with E-state index < -0.39 is 5.82 Å². The van der Waals surface area contributed by atoms with Crippen LogP contribution in [0.4, 0.5) is 10.1 Å². The summed E-state index contributed by atoms with van der Waals surface area (Å²) in [7, 11) is 0. The van der Waals surface area contributed by atoms with Crippen LogP contribution in [0, 0.1) is 24.6 Å². The molecule has 0 bridgehead atoms. The third kappa shape index (κ3) is 3.88. The highest BCUT2D eigenvalue weighted by atomic mass is 19.1. The van der Waals surface area contributed by atoms with Crippen LogP contribution in [0.1, 0.15) is 21.5 Å². The predicted molar refractivity (Wildman–Crippen MR) is 77.3 cm³/mol. The third-order valence-corrected chi connectivity index (χ3v) is 2.67. The third-order valence-electron chi connectivity index (χ3n) is 2.67. The molecule has 0 atom stereocenters. The molecule has 21 heavy (non-hydrogen) atoms. The van der Waals surface area contributed by atoms with Gasteiger partial charge in [0, 0.05) is 18.1 Å². The molecular formula is C16H13FN2O2. The molecule has 0 radical (unpaired) electrons. The van der Waals surface area contributed by atoms with Crippen molar-refractivity contribution < 1.29 is 14.3 Å². The first kappa shape index (κ1) is 14.7. The number of anilines is 1. The molecule has 0 aliphatic rings. The average molecular weight is 284 g/mol. The molecule has 1 aromatic carbocycles. The van der Waals surface area contributed by atoms with Gasteiger partial charge in [-0.05, 0) is 36.8 Å². The van der Waals surface area contributed by atoms with Gasteiger partial charge in [0.1, 0.15) is 12.4 Å². The maximum Gasteiger partial charge on any atom is 0.257 e. The zero-order chi connectivity index (χ0) is 15.2. The summed E-state index contributed by atoms with van der Waals surface area (Å²) in [5.74, 6) is 3.93. The van der Waals surface area contributed by atoms with Crippen molar-refractivity contribution in [2.24, 2.45) is 0 Å². The molecule has 0 saturated carbocycles. The molecule has 2 rings (SSSR count). The maximum atomic E-state index is 13.7. The van der Waals surface area contributed by atoms with E-state index in [2.05, 4.69) is 22.1 Å². The van der Waals surface area contributed by atoms with E-state index >= 15 is 0 Å². The number of hydrogen-bond donors (Lipinski definition) is 2. The lowest BCUT2D eigenvalue weighted by Gasteiger charge is -2.06. The van der Waals surface area contributed by atoms with E-state index in [4.69, 9.17) is 5.11 Å². The van der Waals surface area contributed by atoms with E-state index in [0.29, 0.717) is 11.3 Å². The second-order valence-corrected chi connectivity index (χ2v) is 4.36. The van der Waals surface area contributed by atoms with Crippen LogP contribution < -0.4 is 5.32 Å². The fourth-order valence-corrected chi connectivity index (χ4v) is 1.71. The van der Waals surface area contributed by atoms with Crippen molar-refractivity contribution >= 4 is 11.6 Å². The lowest BCUT2D eigenvalue weighted by atomic mass is 10.1. The number of carbonyl (C=O) groups excluding carboxylic acids is 1. The van der Waals surface area contributed by atoms with Crippen molar-refractivity contribution in [2.75, 3.05) is 11.9 Å². The monoisotopic (exact) mass is 284 g/mol. The SMILES string of the molecule is Cc1cncc(C(=O)Nc2ccc(C#CCO)c(F)c2)c1. The van der Waals surface area contributed by atoms with Gasteiger partial charge in [0.25, 0.3) is 5.91 Å². The normalized spacial score (nSPS) is 9.67. The highest BCUT2D eigenvalue weighted by molar-refractivity contribution is 6.04. The molecule has 4 nitrogen and oxygen atoms in total. The Labute approximate surface area is 121 Å². The number of aliphatic hydroxyl groups is 1. The minimum Gasteiger partial charge on any atom is -0.384 e. The van der Waals surface area contributed by atoms with Gasteiger partial charge in [-0.2, -0.15) is 0 Å². The van der Waals surface area contributed by atoms with Crippen LogP contribution >= 0.6 is 0 Å². The number of hydrogen-bond acceptors (Lipinski definition) is 3. The Kier molecular flexibility index (Phi) is 4.64. The van der Waals surface area contributed by atoms with Crippen molar-refractivity contribution in [2.45, 2.75) is 6.92 Å². The van der Waals surface area contributed by atoms with Gasteiger partial charge in [-0.15, -0.1) is 0 Å². The van der Waals surface area contributed by atoms with E-state index in [9.17, 15) is 9.18 Å². The first-order valence-electron chi connectivity index (χ1n) is 6.22. The molecule has 2 N–H and O–H groups in total. The molecule has 106 valence electrons. The molecule has 1 heterocycles. The molecule has 5 heteroatoms. The molecule has 0 spiro atoms. The number of nitrogens with zero attached hydrogens (tertiary/aromatic N) is 1. The summed E-state index contributed by atoms with van der Waals surface area (Å²) < 4.78 is 13.7. The first-order chi connectivity index (χ1) is 10.1. The zero-order valence-corrected chi connectivity index (χ0v) is 11.4. The summed E-state index contributed by atoms with van der Waals surface area (Å²) in [6.45, 7) is 1.50. The van der Waals surface area contributed by atoms with Gasteiger partial charge < -0.3 is 10.4 Å². The van der Waals surface area contributed by atoms with E-state index in [1.54, 1.807) is 18.3 Å². The molecule has 0 saturated heterocycles. The zero-order valence-electron chi connectivity index (χ0n) is 11.4. The Morgan fingerprint density at radius 3 is 2.86 bits per heavy atom. The highest BCUT2D eigenvalue weighted by Gasteiger charge is 2.08. The van der Waals surface area contributed by atoms with Crippen LogP contribution in [-0.2, 0) is 0 Å². The quantitative estimate of drug-likeness (QED) is 0.830. The van der Waals surface area contributed by atoms with Crippen molar-refractivity contribution in [3.05, 3.63) is 59.2 Å². The molecule has 0 aliphatic carbocycles. The number of aromatic nitrogens is 1. The maximum absolute atomic E-state index is 13.7. The summed E-state index contributed by atoms with van der Waals surface area (Å²) in [6, 6.07) is 5.87. The van der Waals surface area contributed by atoms with Crippen molar-refractivity contribution in [3.8, 4) is 11.8 Å². The standard InChI is InChI=1S/C16H13FN2O2/c1-11-7-13(10-18-9-11)16(21)19-14-5-4-12(3-2-6-20)15(17)8-14/h4-5,7-10,20H,6H2,1H3,(H,19,21). The van der Waals surface area contributed by atoms with Crippen LogP contribution in [0.2, 0.25) is 0 Å². The lowest BCUT2D eigenvalue weighted by Crippen LogP contribution is -2.12. The molecule has 1 aromatic heterocycles. The molecule has 0 fully saturated rings. The average Bonchev–Trinajstić information content (AvgIpc) is 2.46. The smallest absolute Gasteiger partial charge is 0.257 e. The van der Waals surface area contributed by atoms with E-state index in [1.807, 2.05) is 6.92 Å². The van der Waals surface area contributed by atoms with Gasteiger partial charge in [-0.1, -0.05) is 11.8 Å². The molecular weight excluding hydrogens is 271 g/mol. The summed E-state index contributed by atoms with van der Waals surface area (Å²) in [5, 5.41) is 11.2. The number of pyridine rings is 1. The molecule has 0 aliphatic heterocycles. The fraction of sp³-hybridized carbons (Fsp3) is 0.125. The van der Waals surface area contributed by atoms with E-state index in [1.165, 1.54) is 18.3 Å². The van der Waals surface area contributed by atoms with Crippen LogP contribution in [0.15, 0.2) is 36.7 Å². The number of aliphatic hydroxyl groups excluding tert-OH is 1. The van der Waals surface area contributed by atoms with Crippen LogP contribution in [0.5, 0.6) is 0 Å². The predicted octanol–water partition coefficient (Wildman–Crippen LogP) is 2.13. The van der Waals surface area contributed by atoms with Gasteiger partial charge in [0.05, 0.1) is 11.1 Å². The molecule has 0 unspecified atom stereocenters. The minimum atomic E-state index is -0.559. The van der Waals surface area contributed by atoms with Gasteiger partial charge in [-0.25, -0.2) is 4.39 Å². The number of carbonyl (C=O) groups is 1. The topological polar surface area (TPSA) is 62.2 Å². The van der Waals surface area contributed by atoms with Gasteiger partial charge in [-0.3, -0.25) is 9.78 Å². The van der Waals surface area contributed by atoms with Crippen molar-refractivity contribution in [1.29, 1.82) is 0 Å². The Hall–Kier alpha value is -2.71. The Bertz CT molecular complexity index is 733. The van der Waals surface area contributed by atoms with Crippen molar-refractivity contribution in [1.82, 2.24) is 4.98 Å². The number of aryl methyl sites for hydroxylation is 1. The van der Waals surface area contributed by atoms with Gasteiger partial charge >= 0.3 is 0 Å². The number of amides is 1. The van der Waals surface area contributed by atoms with Gasteiger partial charge in [0.15, 0.2) is 0 Å². The molecule has 2 aromatic rings. The first-order valence-corrected chi connectivity index (χ1v) is 6.22.